The number of esters is 1. The number of ether oxygens (including phenoxy) is 2. The number of quaternary nitrogens is 1. The van der Waals surface area contributed by atoms with E-state index >= 15 is 0 Å². The van der Waals surface area contributed by atoms with Gasteiger partial charge in [0.05, 0.1) is 45.0 Å². The topological polar surface area (TPSA) is 63.2 Å². The van der Waals surface area contributed by atoms with Crippen molar-refractivity contribution in [1.29, 1.82) is 0 Å². The molecule has 0 spiro atoms. The highest BCUT2D eigenvalue weighted by Crippen LogP contribution is 2.41. The minimum atomic E-state index is -1.63. The van der Waals surface area contributed by atoms with Gasteiger partial charge in [-0.1, -0.05) is 6.92 Å². The van der Waals surface area contributed by atoms with Crippen molar-refractivity contribution in [3.8, 4) is 5.75 Å². The number of nitrogens with zero attached hydrogens (tertiary/aromatic N) is 1. The van der Waals surface area contributed by atoms with Crippen LogP contribution in [-0.2, 0) is 18.7 Å². The van der Waals surface area contributed by atoms with Crippen molar-refractivity contribution >= 4 is 12.9 Å². The molecule has 3 fully saturated rings. The van der Waals surface area contributed by atoms with Gasteiger partial charge in [-0.15, -0.1) is 0 Å². The number of hydrogen-bond acceptors (Lipinski definition) is 6. The van der Waals surface area contributed by atoms with Crippen molar-refractivity contribution in [3.05, 3.63) is 29.8 Å². The van der Waals surface area contributed by atoms with E-state index in [0.717, 1.165) is 30.4 Å². The van der Waals surface area contributed by atoms with Crippen LogP contribution in [0.25, 0.3) is 0 Å². The van der Waals surface area contributed by atoms with E-state index in [4.69, 9.17) is 23.4 Å². The SMILES string of the molecule is CCCOC(=O)c1ccc(OCC2C[N+]34CCO[B-]3(OCC4)O2)cc1. The summed E-state index contributed by atoms with van der Waals surface area (Å²) in [4.78, 5) is 11.8. The maximum Gasteiger partial charge on any atom is 0.625 e. The first kappa shape index (κ1) is 16.8. The van der Waals surface area contributed by atoms with Gasteiger partial charge < -0.3 is 27.8 Å². The van der Waals surface area contributed by atoms with Crippen LogP contribution < -0.4 is 4.74 Å². The Bertz CT molecular complexity index is 607. The summed E-state index contributed by atoms with van der Waals surface area (Å²) in [5, 5.41) is 0. The van der Waals surface area contributed by atoms with Gasteiger partial charge in [-0.3, -0.25) is 0 Å². The smallest absolute Gasteiger partial charge is 0.491 e. The average Bonchev–Trinajstić information content (AvgIpc) is 3.20. The molecule has 7 nitrogen and oxygen atoms in total. The summed E-state index contributed by atoms with van der Waals surface area (Å²) in [7, 11) is 0. The quantitative estimate of drug-likeness (QED) is 0.571. The Morgan fingerprint density at radius 2 is 1.96 bits per heavy atom. The van der Waals surface area contributed by atoms with Crippen LogP contribution >= 0.6 is 0 Å². The van der Waals surface area contributed by atoms with Gasteiger partial charge in [0.1, 0.15) is 18.5 Å². The van der Waals surface area contributed by atoms with Gasteiger partial charge in [0.15, 0.2) is 0 Å². The second-order valence-electron chi connectivity index (χ2n) is 6.92. The van der Waals surface area contributed by atoms with E-state index in [1.54, 1.807) is 24.3 Å². The van der Waals surface area contributed by atoms with Gasteiger partial charge in [-0.25, -0.2) is 4.79 Å². The molecule has 0 N–H and O–H groups in total. The van der Waals surface area contributed by atoms with Crippen LogP contribution in [0.1, 0.15) is 23.7 Å². The molecule has 3 heterocycles. The molecule has 3 aliphatic rings. The lowest BCUT2D eigenvalue weighted by molar-refractivity contribution is -0.816. The highest BCUT2D eigenvalue weighted by atomic mass is 16.8. The normalized spacial score (nSPS) is 33.1. The van der Waals surface area contributed by atoms with E-state index in [0.29, 0.717) is 37.7 Å². The fourth-order valence-corrected chi connectivity index (χ4v) is 4.02. The van der Waals surface area contributed by atoms with Crippen LogP contribution in [0.3, 0.4) is 0 Å². The molecule has 4 rings (SSSR count). The van der Waals surface area contributed by atoms with E-state index in [1.165, 1.54) is 0 Å². The van der Waals surface area contributed by atoms with Crippen molar-refractivity contribution in [2.45, 2.75) is 19.4 Å². The van der Waals surface area contributed by atoms with Crippen LogP contribution in [0.15, 0.2) is 24.3 Å². The highest BCUT2D eigenvalue weighted by Gasteiger charge is 2.66. The Balaban J connectivity index is 1.32. The lowest BCUT2D eigenvalue weighted by atomic mass is 9.94. The van der Waals surface area contributed by atoms with Crippen LogP contribution in [0, 0.1) is 0 Å². The summed E-state index contributed by atoms with van der Waals surface area (Å²) in [6.07, 6.45) is 0.764. The fraction of sp³-hybridized carbons (Fsp3) is 0.588. The summed E-state index contributed by atoms with van der Waals surface area (Å²) in [5.41, 5.74) is 0.529. The molecular formula is C17H24BNO6. The van der Waals surface area contributed by atoms with Gasteiger partial charge >= 0.3 is 12.9 Å². The summed E-state index contributed by atoms with van der Waals surface area (Å²) < 4.78 is 29.5. The largest absolute Gasteiger partial charge is 0.625 e. The molecule has 3 aliphatic heterocycles. The standard InChI is InChI=1S/C17H24BNO6/c1-2-9-21-17(20)14-3-5-15(6-4-14)22-13-16-12-19-7-10-23-18(19,25-16)24-11-8-19/h3-6,16H,2,7-13H2,1H3. The van der Waals surface area contributed by atoms with E-state index < -0.39 is 6.89 Å². The minimum Gasteiger partial charge on any atom is -0.491 e. The Morgan fingerprint density at radius 1 is 1.24 bits per heavy atom. The summed E-state index contributed by atoms with van der Waals surface area (Å²) in [5.74, 6) is 0.398. The molecule has 1 aromatic rings. The van der Waals surface area contributed by atoms with Gasteiger partial charge in [-0.2, -0.15) is 0 Å². The maximum atomic E-state index is 11.8. The third-order valence-corrected chi connectivity index (χ3v) is 5.30. The van der Waals surface area contributed by atoms with Crippen LogP contribution in [0.5, 0.6) is 5.75 Å². The van der Waals surface area contributed by atoms with Crippen molar-refractivity contribution in [1.82, 2.24) is 0 Å². The lowest BCUT2D eigenvalue weighted by Crippen LogP contribution is -2.59. The van der Waals surface area contributed by atoms with Gasteiger partial charge in [0.2, 0.25) is 0 Å². The highest BCUT2D eigenvalue weighted by molar-refractivity contribution is 6.54. The monoisotopic (exact) mass is 349 g/mol. The molecule has 0 radical (unpaired) electrons. The number of rotatable bonds is 6. The molecule has 1 atom stereocenters. The van der Waals surface area contributed by atoms with Gasteiger partial charge in [0, 0.05) is 0 Å². The second kappa shape index (κ2) is 6.61. The zero-order chi connectivity index (χ0) is 17.3. The van der Waals surface area contributed by atoms with Crippen molar-refractivity contribution in [3.63, 3.8) is 0 Å². The van der Waals surface area contributed by atoms with Crippen molar-refractivity contribution < 1.29 is 32.6 Å². The first-order chi connectivity index (χ1) is 12.2. The Kier molecular flexibility index (Phi) is 4.45. The van der Waals surface area contributed by atoms with Crippen LogP contribution in [-0.4, -0.2) is 69.4 Å². The predicted molar refractivity (Wildman–Crippen MR) is 89.9 cm³/mol. The van der Waals surface area contributed by atoms with Crippen molar-refractivity contribution in [2.24, 2.45) is 0 Å². The van der Waals surface area contributed by atoms with Gasteiger partial charge in [0.25, 0.3) is 0 Å². The Labute approximate surface area is 147 Å². The van der Waals surface area contributed by atoms with E-state index in [-0.39, 0.29) is 12.1 Å². The lowest BCUT2D eigenvalue weighted by Gasteiger charge is -2.37. The molecule has 0 saturated carbocycles. The number of carbonyl (C=O) groups excluding carboxylic acids is 1. The molecule has 0 aliphatic carbocycles. The van der Waals surface area contributed by atoms with Crippen LogP contribution in [0.2, 0.25) is 0 Å². The number of benzene rings is 1. The van der Waals surface area contributed by atoms with E-state index in [9.17, 15) is 4.79 Å². The number of hydrogen-bond donors (Lipinski definition) is 0. The minimum absolute atomic E-state index is 0.0465. The predicted octanol–water partition coefficient (Wildman–Crippen LogP) is 1.34. The van der Waals surface area contributed by atoms with Crippen LogP contribution in [0.4, 0.5) is 0 Å². The zero-order valence-corrected chi connectivity index (χ0v) is 14.5. The van der Waals surface area contributed by atoms with Gasteiger partial charge in [-0.05, 0) is 30.7 Å². The maximum absolute atomic E-state index is 11.8. The van der Waals surface area contributed by atoms with E-state index in [1.807, 2.05) is 6.92 Å². The molecule has 0 aromatic heterocycles. The molecule has 8 heteroatoms. The Morgan fingerprint density at radius 3 is 2.60 bits per heavy atom. The zero-order valence-electron chi connectivity index (χ0n) is 14.5. The molecular weight excluding hydrogens is 325 g/mol. The third-order valence-electron chi connectivity index (χ3n) is 5.30. The number of carbonyl (C=O) groups is 1. The molecule has 3 saturated heterocycles. The van der Waals surface area contributed by atoms with E-state index in [2.05, 4.69) is 0 Å². The average molecular weight is 349 g/mol. The Hall–Kier alpha value is -1.61. The molecule has 25 heavy (non-hydrogen) atoms. The third kappa shape index (κ3) is 2.93. The summed E-state index contributed by atoms with van der Waals surface area (Å²) in [6, 6.07) is 7.00. The molecule has 1 unspecified atom stereocenters. The molecule has 0 amide bonds. The summed E-state index contributed by atoms with van der Waals surface area (Å²) >= 11 is 0. The summed E-state index contributed by atoms with van der Waals surface area (Å²) in [6.45, 7) is 5.36. The second-order valence-corrected chi connectivity index (χ2v) is 6.92. The first-order valence-electron chi connectivity index (χ1n) is 9.01. The first-order valence-corrected chi connectivity index (χ1v) is 9.01. The fourth-order valence-electron chi connectivity index (χ4n) is 4.02. The van der Waals surface area contributed by atoms with Crippen molar-refractivity contribution in [2.75, 3.05) is 46.1 Å². The molecule has 136 valence electrons. The molecule has 1 aromatic carbocycles. The molecule has 0 bridgehead atoms.